The van der Waals surface area contributed by atoms with Crippen LogP contribution in [-0.4, -0.2) is 59.3 Å². The summed E-state index contributed by atoms with van der Waals surface area (Å²) in [6.45, 7) is 5.46. The van der Waals surface area contributed by atoms with Gasteiger partial charge in [0.25, 0.3) is 0 Å². The number of esters is 1. The molecular formula is C29H32N6O3. The van der Waals surface area contributed by atoms with Crippen LogP contribution >= 0.6 is 0 Å². The quantitative estimate of drug-likeness (QED) is 0.349. The van der Waals surface area contributed by atoms with Gasteiger partial charge in [-0.05, 0) is 61.5 Å². The first kappa shape index (κ1) is 25.4. The number of benzene rings is 2. The SMILES string of the molecule is CCc1nccc(-c2cc(NC3CCN(c4nc(C)cc(C(=O)OC)n4)CC3)c3cc(OC)ccc3c2)n1. The molecule has 1 N–H and O–H groups in total. The molecule has 2 aromatic heterocycles. The molecule has 0 atom stereocenters. The second kappa shape index (κ2) is 11.0. The third kappa shape index (κ3) is 5.37. The van der Waals surface area contributed by atoms with Gasteiger partial charge in [0.1, 0.15) is 11.6 Å². The van der Waals surface area contributed by atoms with Crippen molar-refractivity contribution in [1.82, 2.24) is 19.9 Å². The van der Waals surface area contributed by atoms with Crippen molar-refractivity contribution in [2.45, 2.75) is 39.2 Å². The Morgan fingerprint density at radius 1 is 1.05 bits per heavy atom. The number of carbonyl (C=O) groups is 1. The number of nitrogens with zero attached hydrogens (tertiary/aromatic N) is 5. The van der Waals surface area contributed by atoms with E-state index in [2.05, 4.69) is 56.4 Å². The standard InChI is InChI=1S/C29H32N6O3/c1-5-27-30-11-8-24(33-27)20-15-19-6-7-22(37-3)17-23(19)25(16-20)32-21-9-12-35(13-10-21)29-31-18(2)14-26(34-29)28(36)38-4/h6-8,11,14-17,21,32H,5,9-10,12-13H2,1-4H3. The largest absolute Gasteiger partial charge is 0.497 e. The number of anilines is 2. The van der Waals surface area contributed by atoms with Crippen molar-refractivity contribution >= 4 is 28.4 Å². The molecule has 0 radical (unpaired) electrons. The summed E-state index contributed by atoms with van der Waals surface area (Å²) in [5.74, 6) is 1.76. The van der Waals surface area contributed by atoms with Gasteiger partial charge in [-0.1, -0.05) is 13.0 Å². The highest BCUT2D eigenvalue weighted by atomic mass is 16.5. The molecule has 5 rings (SSSR count). The maximum absolute atomic E-state index is 12.0. The maximum atomic E-state index is 12.0. The third-order valence-electron chi connectivity index (χ3n) is 6.85. The summed E-state index contributed by atoms with van der Waals surface area (Å²) in [5.41, 5.74) is 4.02. The molecule has 0 aliphatic carbocycles. The number of carbonyl (C=O) groups excluding carboxylic acids is 1. The van der Waals surface area contributed by atoms with Gasteiger partial charge in [0, 0.05) is 54.1 Å². The lowest BCUT2D eigenvalue weighted by Crippen LogP contribution is -2.40. The minimum Gasteiger partial charge on any atom is -0.497 e. The molecule has 1 aliphatic heterocycles. The Bertz CT molecular complexity index is 1470. The van der Waals surface area contributed by atoms with E-state index < -0.39 is 5.97 Å². The Kier molecular flexibility index (Phi) is 7.35. The molecule has 1 aliphatic rings. The van der Waals surface area contributed by atoms with Crippen molar-refractivity contribution in [3.63, 3.8) is 0 Å². The van der Waals surface area contributed by atoms with E-state index in [9.17, 15) is 4.79 Å². The van der Waals surface area contributed by atoms with E-state index in [4.69, 9.17) is 14.5 Å². The van der Waals surface area contributed by atoms with Crippen molar-refractivity contribution in [1.29, 1.82) is 0 Å². The van der Waals surface area contributed by atoms with Crippen LogP contribution in [-0.2, 0) is 11.2 Å². The Balaban J connectivity index is 1.40. The highest BCUT2D eigenvalue weighted by molar-refractivity contribution is 5.98. The Hall–Kier alpha value is -4.27. The Labute approximate surface area is 222 Å². The number of ether oxygens (including phenoxy) is 2. The molecule has 38 heavy (non-hydrogen) atoms. The van der Waals surface area contributed by atoms with Gasteiger partial charge in [-0.2, -0.15) is 0 Å². The van der Waals surface area contributed by atoms with Gasteiger partial charge < -0.3 is 19.7 Å². The van der Waals surface area contributed by atoms with E-state index in [1.807, 2.05) is 25.3 Å². The van der Waals surface area contributed by atoms with Crippen LogP contribution in [0.5, 0.6) is 5.75 Å². The van der Waals surface area contributed by atoms with Gasteiger partial charge in [-0.3, -0.25) is 0 Å². The fourth-order valence-electron chi connectivity index (χ4n) is 4.81. The zero-order chi connectivity index (χ0) is 26.6. The number of nitrogens with one attached hydrogen (secondary N) is 1. The molecule has 0 bridgehead atoms. The smallest absolute Gasteiger partial charge is 0.356 e. The van der Waals surface area contributed by atoms with Gasteiger partial charge in [-0.15, -0.1) is 0 Å². The van der Waals surface area contributed by atoms with Crippen LogP contribution in [0, 0.1) is 6.92 Å². The maximum Gasteiger partial charge on any atom is 0.356 e. The number of rotatable bonds is 7. The first-order valence-corrected chi connectivity index (χ1v) is 12.9. The Morgan fingerprint density at radius 2 is 1.87 bits per heavy atom. The third-order valence-corrected chi connectivity index (χ3v) is 6.85. The fourth-order valence-corrected chi connectivity index (χ4v) is 4.81. The molecule has 196 valence electrons. The van der Waals surface area contributed by atoms with Crippen molar-refractivity contribution in [3.05, 3.63) is 65.9 Å². The van der Waals surface area contributed by atoms with Crippen LogP contribution < -0.4 is 15.0 Å². The molecule has 0 saturated carbocycles. The molecule has 0 unspecified atom stereocenters. The molecule has 9 nitrogen and oxygen atoms in total. The summed E-state index contributed by atoms with van der Waals surface area (Å²) >= 11 is 0. The Morgan fingerprint density at radius 3 is 2.61 bits per heavy atom. The average molecular weight is 513 g/mol. The van der Waals surface area contributed by atoms with E-state index in [0.29, 0.717) is 5.95 Å². The molecule has 4 aromatic rings. The minimum absolute atomic E-state index is 0.261. The number of hydrogen-bond donors (Lipinski definition) is 1. The van der Waals surface area contributed by atoms with Crippen LogP contribution in [0.2, 0.25) is 0 Å². The minimum atomic E-state index is -0.453. The lowest BCUT2D eigenvalue weighted by atomic mass is 10.00. The molecule has 1 saturated heterocycles. The van der Waals surface area contributed by atoms with Crippen molar-refractivity contribution in [3.8, 4) is 17.0 Å². The lowest BCUT2D eigenvalue weighted by molar-refractivity contribution is 0.0593. The second-order valence-electron chi connectivity index (χ2n) is 9.41. The molecule has 0 amide bonds. The van der Waals surface area contributed by atoms with E-state index >= 15 is 0 Å². The van der Waals surface area contributed by atoms with Gasteiger partial charge in [0.15, 0.2) is 5.69 Å². The monoisotopic (exact) mass is 512 g/mol. The summed E-state index contributed by atoms with van der Waals surface area (Å²) in [6.07, 6.45) is 4.40. The van der Waals surface area contributed by atoms with Crippen LogP contribution in [0.25, 0.3) is 22.0 Å². The predicted octanol–water partition coefficient (Wildman–Crippen LogP) is 4.83. The van der Waals surface area contributed by atoms with Gasteiger partial charge in [0.2, 0.25) is 5.95 Å². The summed E-state index contributed by atoms with van der Waals surface area (Å²) in [6, 6.07) is 14.3. The summed E-state index contributed by atoms with van der Waals surface area (Å²) < 4.78 is 10.4. The van der Waals surface area contributed by atoms with E-state index in [0.717, 1.165) is 77.3 Å². The average Bonchev–Trinajstić information content (AvgIpc) is 2.96. The molecule has 0 spiro atoms. The molecule has 1 fully saturated rings. The fraction of sp³-hybridized carbons (Fsp3) is 0.345. The van der Waals surface area contributed by atoms with E-state index in [1.165, 1.54) is 7.11 Å². The van der Waals surface area contributed by atoms with Crippen LogP contribution in [0.3, 0.4) is 0 Å². The van der Waals surface area contributed by atoms with Crippen molar-refractivity contribution < 1.29 is 14.3 Å². The van der Waals surface area contributed by atoms with Gasteiger partial charge in [-0.25, -0.2) is 24.7 Å². The van der Waals surface area contributed by atoms with Crippen molar-refractivity contribution in [2.75, 3.05) is 37.5 Å². The summed E-state index contributed by atoms with van der Waals surface area (Å²) in [4.78, 5) is 32.3. The predicted molar refractivity (Wildman–Crippen MR) is 148 cm³/mol. The van der Waals surface area contributed by atoms with Gasteiger partial charge >= 0.3 is 5.97 Å². The highest BCUT2D eigenvalue weighted by Crippen LogP contribution is 2.34. The first-order valence-electron chi connectivity index (χ1n) is 12.9. The summed E-state index contributed by atoms with van der Waals surface area (Å²) in [5, 5.41) is 6.01. The molecule has 2 aromatic carbocycles. The molecule has 3 heterocycles. The molecule has 9 heteroatoms. The number of fused-ring (bicyclic) bond motifs is 1. The molecular weight excluding hydrogens is 480 g/mol. The number of hydrogen-bond acceptors (Lipinski definition) is 9. The lowest BCUT2D eigenvalue weighted by Gasteiger charge is -2.33. The topological polar surface area (TPSA) is 102 Å². The normalized spacial score (nSPS) is 13.9. The van der Waals surface area contributed by atoms with Crippen LogP contribution in [0.4, 0.5) is 11.6 Å². The second-order valence-corrected chi connectivity index (χ2v) is 9.41. The highest BCUT2D eigenvalue weighted by Gasteiger charge is 2.23. The van der Waals surface area contributed by atoms with E-state index in [1.54, 1.807) is 13.2 Å². The van der Waals surface area contributed by atoms with Crippen LogP contribution in [0.1, 0.15) is 41.8 Å². The zero-order valence-corrected chi connectivity index (χ0v) is 22.2. The number of aromatic nitrogens is 4. The number of piperidine rings is 1. The number of methoxy groups -OCH3 is 2. The summed E-state index contributed by atoms with van der Waals surface area (Å²) in [7, 11) is 3.04. The van der Waals surface area contributed by atoms with Crippen molar-refractivity contribution in [2.24, 2.45) is 0 Å². The van der Waals surface area contributed by atoms with Gasteiger partial charge in [0.05, 0.1) is 19.9 Å². The number of aryl methyl sites for hydroxylation is 2. The van der Waals surface area contributed by atoms with E-state index in [-0.39, 0.29) is 11.7 Å². The first-order chi connectivity index (χ1) is 18.5. The van der Waals surface area contributed by atoms with Crippen LogP contribution in [0.15, 0.2) is 48.7 Å². The zero-order valence-electron chi connectivity index (χ0n) is 22.2.